The lowest BCUT2D eigenvalue weighted by Gasteiger charge is -2.46. The second-order valence-electron chi connectivity index (χ2n) is 5.91. The molecular formula is C17H29N3. The molecule has 1 aromatic rings. The van der Waals surface area contributed by atoms with Crippen LogP contribution >= 0.6 is 0 Å². The second kappa shape index (κ2) is 7.21. The van der Waals surface area contributed by atoms with Gasteiger partial charge in [0.1, 0.15) is 0 Å². The molecule has 1 heterocycles. The number of nitrogens with zero attached hydrogens (tertiary/aromatic N) is 1. The third-order valence-electron chi connectivity index (χ3n) is 5.09. The monoisotopic (exact) mass is 275 g/mol. The third kappa shape index (κ3) is 3.05. The molecule has 0 aliphatic carbocycles. The number of hydrogen-bond acceptors (Lipinski definition) is 3. The Kier molecular flexibility index (Phi) is 5.58. The number of nitrogens with one attached hydrogen (secondary N) is 1. The maximum Gasteiger partial charge on any atom is 0.0434 e. The first kappa shape index (κ1) is 15.5. The minimum atomic E-state index is 0.182. The van der Waals surface area contributed by atoms with Gasteiger partial charge in [-0.3, -0.25) is 16.2 Å². The number of hydrogen-bond donors (Lipinski definition) is 2. The van der Waals surface area contributed by atoms with Crippen molar-refractivity contribution in [3.8, 4) is 0 Å². The van der Waals surface area contributed by atoms with Crippen LogP contribution in [0.2, 0.25) is 0 Å². The van der Waals surface area contributed by atoms with E-state index in [2.05, 4.69) is 54.5 Å². The van der Waals surface area contributed by atoms with Crippen molar-refractivity contribution in [3.63, 3.8) is 0 Å². The number of likely N-dealkylation sites (tertiary alicyclic amines) is 1. The Balaban J connectivity index is 2.20. The first-order chi connectivity index (χ1) is 9.76. The molecule has 1 fully saturated rings. The molecule has 0 radical (unpaired) electrons. The fourth-order valence-electron chi connectivity index (χ4n) is 3.83. The minimum absolute atomic E-state index is 0.182. The molecule has 3 heteroatoms. The number of nitrogens with two attached hydrogens (primary N) is 1. The van der Waals surface area contributed by atoms with E-state index < -0.39 is 0 Å². The predicted molar refractivity (Wildman–Crippen MR) is 85.4 cm³/mol. The van der Waals surface area contributed by atoms with Crippen molar-refractivity contribution in [1.82, 2.24) is 10.3 Å². The molecule has 1 aliphatic heterocycles. The summed E-state index contributed by atoms with van der Waals surface area (Å²) in [5.41, 5.74) is 4.67. The van der Waals surface area contributed by atoms with Gasteiger partial charge in [0.25, 0.3) is 0 Å². The quantitative estimate of drug-likeness (QED) is 0.594. The average Bonchev–Trinajstić information content (AvgIpc) is 3.03. The van der Waals surface area contributed by atoms with Crippen LogP contribution < -0.4 is 11.3 Å². The highest BCUT2D eigenvalue weighted by Crippen LogP contribution is 2.32. The summed E-state index contributed by atoms with van der Waals surface area (Å²) in [6.45, 7) is 7.04. The Morgan fingerprint density at radius 3 is 2.25 bits per heavy atom. The standard InChI is InChI=1S/C17H29N3/c1-3-17(4-2,20-12-8-9-13-20)16(19-18)14-15-10-6-5-7-11-15/h5-7,10-11,16,19H,3-4,8-9,12-14,18H2,1-2H3. The summed E-state index contributed by atoms with van der Waals surface area (Å²) in [5.74, 6) is 5.95. The Hall–Kier alpha value is -0.900. The molecule has 20 heavy (non-hydrogen) atoms. The van der Waals surface area contributed by atoms with E-state index in [1.54, 1.807) is 0 Å². The highest BCUT2D eigenvalue weighted by molar-refractivity contribution is 5.18. The normalized spacial score (nSPS) is 18.4. The Labute approximate surface area is 123 Å². The average molecular weight is 275 g/mol. The molecule has 3 N–H and O–H groups in total. The van der Waals surface area contributed by atoms with Crippen molar-refractivity contribution in [1.29, 1.82) is 0 Å². The molecule has 3 nitrogen and oxygen atoms in total. The van der Waals surface area contributed by atoms with Crippen LogP contribution in [0.15, 0.2) is 30.3 Å². The first-order valence-electron chi connectivity index (χ1n) is 8.02. The molecule has 1 aliphatic rings. The van der Waals surface area contributed by atoms with Crippen molar-refractivity contribution in [3.05, 3.63) is 35.9 Å². The zero-order valence-corrected chi connectivity index (χ0v) is 12.9. The Bertz CT molecular complexity index is 380. The van der Waals surface area contributed by atoms with E-state index in [9.17, 15) is 0 Å². The largest absolute Gasteiger partial charge is 0.296 e. The van der Waals surface area contributed by atoms with Crippen LogP contribution in [0.25, 0.3) is 0 Å². The molecule has 0 saturated carbocycles. The molecule has 0 bridgehead atoms. The number of rotatable bonds is 7. The van der Waals surface area contributed by atoms with Gasteiger partial charge in [-0.05, 0) is 50.8 Å². The van der Waals surface area contributed by atoms with E-state index in [-0.39, 0.29) is 5.54 Å². The van der Waals surface area contributed by atoms with Gasteiger partial charge in [-0.25, -0.2) is 0 Å². The predicted octanol–water partition coefficient (Wildman–Crippen LogP) is 2.72. The molecular weight excluding hydrogens is 246 g/mol. The highest BCUT2D eigenvalue weighted by atomic mass is 15.3. The van der Waals surface area contributed by atoms with Crippen molar-refractivity contribution < 1.29 is 0 Å². The minimum Gasteiger partial charge on any atom is -0.296 e. The zero-order chi connectivity index (χ0) is 14.4. The van der Waals surface area contributed by atoms with Gasteiger partial charge >= 0.3 is 0 Å². The number of benzene rings is 1. The Morgan fingerprint density at radius 2 is 1.75 bits per heavy atom. The van der Waals surface area contributed by atoms with Crippen LogP contribution in [0.3, 0.4) is 0 Å². The number of hydrazine groups is 1. The molecule has 1 unspecified atom stereocenters. The lowest BCUT2D eigenvalue weighted by Crippen LogP contribution is -2.62. The maximum atomic E-state index is 5.95. The molecule has 1 aromatic carbocycles. The van der Waals surface area contributed by atoms with Crippen LogP contribution in [0, 0.1) is 0 Å². The summed E-state index contributed by atoms with van der Waals surface area (Å²) in [4.78, 5) is 2.67. The lowest BCUT2D eigenvalue weighted by atomic mass is 9.80. The van der Waals surface area contributed by atoms with Gasteiger partial charge in [0.15, 0.2) is 0 Å². The van der Waals surface area contributed by atoms with Crippen LogP contribution in [-0.2, 0) is 6.42 Å². The fraction of sp³-hybridized carbons (Fsp3) is 0.647. The molecule has 1 saturated heterocycles. The van der Waals surface area contributed by atoms with Gasteiger partial charge in [0, 0.05) is 11.6 Å². The van der Waals surface area contributed by atoms with Gasteiger partial charge in [0.05, 0.1) is 0 Å². The van der Waals surface area contributed by atoms with E-state index >= 15 is 0 Å². The molecule has 0 amide bonds. The summed E-state index contributed by atoms with van der Waals surface area (Å²) in [6, 6.07) is 11.0. The van der Waals surface area contributed by atoms with Crippen molar-refractivity contribution in [2.24, 2.45) is 5.84 Å². The summed E-state index contributed by atoms with van der Waals surface area (Å²) in [5, 5.41) is 0. The van der Waals surface area contributed by atoms with Crippen molar-refractivity contribution in [2.75, 3.05) is 13.1 Å². The third-order valence-corrected chi connectivity index (χ3v) is 5.09. The van der Waals surface area contributed by atoms with E-state index in [0.717, 1.165) is 19.3 Å². The van der Waals surface area contributed by atoms with Gasteiger partial charge in [-0.2, -0.15) is 0 Å². The van der Waals surface area contributed by atoms with Gasteiger partial charge in [0.2, 0.25) is 0 Å². The van der Waals surface area contributed by atoms with E-state index in [1.165, 1.54) is 31.5 Å². The van der Waals surface area contributed by atoms with Gasteiger partial charge in [-0.15, -0.1) is 0 Å². The van der Waals surface area contributed by atoms with E-state index in [0.29, 0.717) is 6.04 Å². The van der Waals surface area contributed by atoms with E-state index in [4.69, 9.17) is 5.84 Å². The van der Waals surface area contributed by atoms with Crippen molar-refractivity contribution >= 4 is 0 Å². The summed E-state index contributed by atoms with van der Waals surface area (Å²) < 4.78 is 0. The van der Waals surface area contributed by atoms with Crippen molar-refractivity contribution in [2.45, 2.75) is 57.5 Å². The molecule has 0 spiro atoms. The second-order valence-corrected chi connectivity index (χ2v) is 5.91. The van der Waals surface area contributed by atoms with E-state index in [1.807, 2.05) is 0 Å². The lowest BCUT2D eigenvalue weighted by molar-refractivity contribution is 0.0620. The molecule has 2 rings (SSSR count). The summed E-state index contributed by atoms with van der Waals surface area (Å²) in [7, 11) is 0. The SMILES string of the molecule is CCC(CC)(C(Cc1ccccc1)NN)N1CCCC1. The zero-order valence-electron chi connectivity index (χ0n) is 12.9. The topological polar surface area (TPSA) is 41.3 Å². The summed E-state index contributed by atoms with van der Waals surface area (Å²) in [6.07, 6.45) is 5.93. The smallest absolute Gasteiger partial charge is 0.0434 e. The molecule has 112 valence electrons. The highest BCUT2D eigenvalue weighted by Gasteiger charge is 2.41. The Morgan fingerprint density at radius 1 is 1.15 bits per heavy atom. The fourth-order valence-corrected chi connectivity index (χ4v) is 3.83. The van der Waals surface area contributed by atoms with Crippen LogP contribution in [-0.4, -0.2) is 29.6 Å². The molecule has 1 atom stereocenters. The summed E-state index contributed by atoms with van der Waals surface area (Å²) >= 11 is 0. The van der Waals surface area contributed by atoms with Crippen LogP contribution in [0.4, 0.5) is 0 Å². The van der Waals surface area contributed by atoms with Gasteiger partial charge in [-0.1, -0.05) is 44.2 Å². The van der Waals surface area contributed by atoms with Crippen LogP contribution in [0.1, 0.15) is 45.1 Å². The van der Waals surface area contributed by atoms with Crippen LogP contribution in [0.5, 0.6) is 0 Å². The maximum absolute atomic E-state index is 5.95. The first-order valence-corrected chi connectivity index (χ1v) is 8.02. The van der Waals surface area contributed by atoms with Gasteiger partial charge < -0.3 is 0 Å². The molecule has 0 aromatic heterocycles.